The molecule has 235 valence electrons. The number of para-hydroxylation sites is 3. The van der Waals surface area contributed by atoms with Gasteiger partial charge in [0.15, 0.2) is 7.28 Å². The fourth-order valence-electron chi connectivity index (χ4n) is 8.85. The van der Waals surface area contributed by atoms with Gasteiger partial charge >= 0.3 is 0 Å². The number of nitrogens with one attached hydrogen (secondary N) is 1. The molecule has 3 heteroatoms. The molecule has 0 atom stereocenters. The van der Waals surface area contributed by atoms with Gasteiger partial charge in [0.2, 0.25) is 0 Å². The van der Waals surface area contributed by atoms with E-state index in [0.717, 1.165) is 11.4 Å². The SMILES string of the molecule is CC1(C)CCC(C)(C)c2cc(-c3cc4ccccc4c4c3[B]c3cccc5c3N4c3ccccc3C5(C)C)c(Nc3ccccc3)cc21. The molecule has 2 nitrogen and oxygen atoms in total. The topological polar surface area (TPSA) is 15.3 Å². The molecule has 0 unspecified atom stereocenters. The van der Waals surface area contributed by atoms with E-state index in [1.807, 2.05) is 0 Å². The maximum Gasteiger partial charge on any atom is 0.197 e. The first-order chi connectivity index (χ1) is 23.0. The molecule has 0 spiro atoms. The Hall–Kier alpha value is -4.76. The summed E-state index contributed by atoms with van der Waals surface area (Å²) in [5.41, 5.74) is 16.9. The second kappa shape index (κ2) is 10.1. The quantitative estimate of drug-likeness (QED) is 0.198. The molecule has 6 aromatic rings. The summed E-state index contributed by atoms with van der Waals surface area (Å²) < 4.78 is 0. The lowest BCUT2D eigenvalue weighted by Gasteiger charge is -2.46. The highest BCUT2D eigenvalue weighted by atomic mass is 15.2. The Bertz CT molecular complexity index is 2280. The van der Waals surface area contributed by atoms with Gasteiger partial charge in [0.05, 0.1) is 5.69 Å². The predicted octanol–water partition coefficient (Wildman–Crippen LogP) is 10.7. The van der Waals surface area contributed by atoms with E-state index in [2.05, 4.69) is 174 Å². The maximum absolute atomic E-state index is 3.90. The van der Waals surface area contributed by atoms with Crippen molar-refractivity contribution in [1.29, 1.82) is 0 Å². The van der Waals surface area contributed by atoms with Crippen molar-refractivity contribution in [1.82, 2.24) is 0 Å². The molecule has 0 saturated carbocycles. The molecule has 6 aromatic carbocycles. The van der Waals surface area contributed by atoms with Gasteiger partial charge in [-0.15, -0.1) is 0 Å². The van der Waals surface area contributed by atoms with Crippen LogP contribution in [0.5, 0.6) is 0 Å². The number of rotatable bonds is 3. The van der Waals surface area contributed by atoms with Crippen LogP contribution in [0, 0.1) is 0 Å². The van der Waals surface area contributed by atoms with E-state index in [0.29, 0.717) is 0 Å². The standard InChI is InChI=1S/C45H42BN2/c1-43(2)23-24-44(3,4)36-27-38(47-29-16-8-7-9-17-29)31(26-35(36)43)32-25-28-15-10-11-18-30(28)41-40(32)46-37-21-14-20-34-42(37)48(41)39-22-13-12-19-33(39)45(34,5)6/h7-22,25-27,47H,23-24H2,1-6H3. The average Bonchev–Trinajstić information content (AvgIpc) is 3.08. The van der Waals surface area contributed by atoms with Crippen LogP contribution >= 0.6 is 0 Å². The summed E-state index contributed by atoms with van der Waals surface area (Å²) >= 11 is 0. The van der Waals surface area contributed by atoms with E-state index in [-0.39, 0.29) is 16.2 Å². The molecule has 2 heterocycles. The van der Waals surface area contributed by atoms with E-state index < -0.39 is 0 Å². The fourth-order valence-corrected chi connectivity index (χ4v) is 8.85. The van der Waals surface area contributed by atoms with Crippen LogP contribution in [0.4, 0.5) is 28.4 Å². The Kier molecular flexibility index (Phi) is 6.20. The Morgan fingerprint density at radius 2 is 1.25 bits per heavy atom. The third kappa shape index (κ3) is 4.19. The van der Waals surface area contributed by atoms with Crippen LogP contribution in [0.1, 0.15) is 76.6 Å². The molecule has 48 heavy (non-hydrogen) atoms. The molecule has 3 aliphatic rings. The molecule has 0 saturated heterocycles. The van der Waals surface area contributed by atoms with Crippen LogP contribution in [-0.4, -0.2) is 7.28 Å². The number of fused-ring (bicyclic) bond motifs is 7. The molecule has 0 fully saturated rings. The molecule has 1 radical (unpaired) electrons. The minimum Gasteiger partial charge on any atom is -0.355 e. The summed E-state index contributed by atoms with van der Waals surface area (Å²) in [6.45, 7) is 14.5. The summed E-state index contributed by atoms with van der Waals surface area (Å²) in [5.74, 6) is 0. The van der Waals surface area contributed by atoms with Crippen LogP contribution in [0.2, 0.25) is 0 Å². The zero-order chi connectivity index (χ0) is 33.0. The van der Waals surface area contributed by atoms with E-state index in [9.17, 15) is 0 Å². The van der Waals surface area contributed by atoms with E-state index in [1.165, 1.54) is 85.0 Å². The summed E-state index contributed by atoms with van der Waals surface area (Å²) in [6, 6.07) is 43.0. The monoisotopic (exact) mass is 621 g/mol. The number of hydrogen-bond acceptors (Lipinski definition) is 2. The zero-order valence-electron chi connectivity index (χ0n) is 28.9. The predicted molar refractivity (Wildman–Crippen MR) is 206 cm³/mol. The largest absolute Gasteiger partial charge is 0.355 e. The maximum atomic E-state index is 3.90. The third-order valence-electron chi connectivity index (χ3n) is 11.7. The Morgan fingerprint density at radius 3 is 2.04 bits per heavy atom. The molecule has 1 N–H and O–H groups in total. The molecule has 2 aliphatic heterocycles. The minimum absolute atomic E-state index is 0.0877. The van der Waals surface area contributed by atoms with Gasteiger partial charge in [0.25, 0.3) is 0 Å². The summed E-state index contributed by atoms with van der Waals surface area (Å²) in [6.07, 6.45) is 2.36. The number of benzene rings is 6. The van der Waals surface area contributed by atoms with E-state index >= 15 is 0 Å². The second-order valence-corrected chi connectivity index (χ2v) is 16.0. The van der Waals surface area contributed by atoms with Crippen molar-refractivity contribution in [2.45, 2.75) is 70.6 Å². The van der Waals surface area contributed by atoms with Crippen molar-refractivity contribution in [2.24, 2.45) is 0 Å². The van der Waals surface area contributed by atoms with Crippen LogP contribution in [0.15, 0.2) is 115 Å². The number of nitrogens with zero attached hydrogens (tertiary/aromatic N) is 1. The lowest BCUT2D eigenvalue weighted by molar-refractivity contribution is 0.332. The molecule has 0 aromatic heterocycles. The first-order valence-electron chi connectivity index (χ1n) is 17.5. The van der Waals surface area contributed by atoms with E-state index in [4.69, 9.17) is 0 Å². The number of anilines is 5. The van der Waals surface area contributed by atoms with Gasteiger partial charge in [0.1, 0.15) is 0 Å². The normalized spacial score (nSPS) is 17.4. The van der Waals surface area contributed by atoms with Crippen molar-refractivity contribution >= 4 is 57.4 Å². The molecule has 1 aliphatic carbocycles. The summed E-state index contributed by atoms with van der Waals surface area (Å²) in [4.78, 5) is 2.59. The summed E-state index contributed by atoms with van der Waals surface area (Å²) in [7, 11) is 2.47. The van der Waals surface area contributed by atoms with Crippen LogP contribution in [0.25, 0.3) is 21.9 Å². The molecule has 9 rings (SSSR count). The van der Waals surface area contributed by atoms with Gasteiger partial charge in [-0.2, -0.15) is 0 Å². The Balaban J connectivity index is 1.38. The Labute approximate surface area is 286 Å². The minimum atomic E-state index is -0.110. The molecule has 0 bridgehead atoms. The van der Waals surface area contributed by atoms with Crippen molar-refractivity contribution in [2.75, 3.05) is 10.2 Å². The van der Waals surface area contributed by atoms with Gasteiger partial charge in [-0.1, -0.05) is 126 Å². The molecule has 0 amide bonds. The Morgan fingerprint density at radius 1 is 0.583 bits per heavy atom. The smallest absolute Gasteiger partial charge is 0.197 e. The van der Waals surface area contributed by atoms with E-state index in [1.54, 1.807) is 0 Å². The fraction of sp³-hybridized carbons (Fsp3) is 0.244. The third-order valence-corrected chi connectivity index (χ3v) is 11.7. The van der Waals surface area contributed by atoms with Crippen molar-refractivity contribution in [3.8, 4) is 11.1 Å². The van der Waals surface area contributed by atoms with Crippen LogP contribution in [-0.2, 0) is 16.2 Å². The van der Waals surface area contributed by atoms with Crippen molar-refractivity contribution in [3.05, 3.63) is 138 Å². The summed E-state index contributed by atoms with van der Waals surface area (Å²) in [5, 5.41) is 6.44. The highest BCUT2D eigenvalue weighted by molar-refractivity contribution is 6.74. The molecular weight excluding hydrogens is 579 g/mol. The average molecular weight is 622 g/mol. The van der Waals surface area contributed by atoms with Crippen molar-refractivity contribution < 1.29 is 0 Å². The van der Waals surface area contributed by atoms with Crippen LogP contribution in [0.3, 0.4) is 0 Å². The highest BCUT2D eigenvalue weighted by Gasteiger charge is 2.42. The lowest BCUT2D eigenvalue weighted by atomic mass is 9.55. The van der Waals surface area contributed by atoms with Gasteiger partial charge in [-0.05, 0) is 98.7 Å². The van der Waals surface area contributed by atoms with Gasteiger partial charge in [-0.3, -0.25) is 0 Å². The van der Waals surface area contributed by atoms with Gasteiger partial charge in [-0.25, -0.2) is 0 Å². The highest BCUT2D eigenvalue weighted by Crippen LogP contribution is 2.54. The lowest BCUT2D eigenvalue weighted by Crippen LogP contribution is -2.45. The second-order valence-electron chi connectivity index (χ2n) is 16.0. The first-order valence-corrected chi connectivity index (χ1v) is 17.5. The van der Waals surface area contributed by atoms with Gasteiger partial charge < -0.3 is 10.2 Å². The zero-order valence-corrected chi connectivity index (χ0v) is 28.9. The number of hydrogen-bond donors (Lipinski definition) is 1. The van der Waals surface area contributed by atoms with Crippen LogP contribution < -0.4 is 21.1 Å². The molecular formula is C45H42BN2. The van der Waals surface area contributed by atoms with Crippen molar-refractivity contribution in [3.63, 3.8) is 0 Å². The van der Waals surface area contributed by atoms with Gasteiger partial charge in [0, 0.05) is 39.1 Å². The first kappa shape index (κ1) is 29.4.